The summed E-state index contributed by atoms with van der Waals surface area (Å²) in [5, 5.41) is 0.486. The van der Waals surface area contributed by atoms with Crippen molar-refractivity contribution in [1.29, 1.82) is 0 Å². The van der Waals surface area contributed by atoms with Crippen molar-refractivity contribution in [3.63, 3.8) is 0 Å². The Morgan fingerprint density at radius 3 is 2.48 bits per heavy atom. The number of H-pyrrole nitrogens is 1. The van der Waals surface area contributed by atoms with Gasteiger partial charge in [-0.1, -0.05) is 12.1 Å². The number of benzene rings is 2. The quantitative estimate of drug-likeness (QED) is 0.690. The molecule has 4 rings (SSSR count). The van der Waals surface area contributed by atoms with Crippen molar-refractivity contribution in [3.8, 4) is 17.2 Å². The molecular weight excluding hydrogens is 370 g/mol. The van der Waals surface area contributed by atoms with Gasteiger partial charge in [0.1, 0.15) is 11.6 Å². The SMILES string of the molecule is COc1ccc(C2CCCN2Cc2nc3cc(OC)c(OC)cc3c(=O)[nH]2)cc1. The van der Waals surface area contributed by atoms with E-state index in [0.717, 1.165) is 25.1 Å². The van der Waals surface area contributed by atoms with Gasteiger partial charge in [-0.3, -0.25) is 9.69 Å². The highest BCUT2D eigenvalue weighted by Crippen LogP contribution is 2.34. The fourth-order valence-corrected chi connectivity index (χ4v) is 4.00. The number of likely N-dealkylation sites (tertiary alicyclic amines) is 1. The minimum absolute atomic E-state index is 0.175. The molecule has 2 aromatic carbocycles. The molecule has 1 atom stereocenters. The molecule has 1 aromatic heterocycles. The van der Waals surface area contributed by atoms with Crippen LogP contribution in [-0.4, -0.2) is 42.7 Å². The number of methoxy groups -OCH3 is 3. The summed E-state index contributed by atoms with van der Waals surface area (Å²) in [5.41, 5.74) is 1.67. The minimum Gasteiger partial charge on any atom is -0.497 e. The van der Waals surface area contributed by atoms with Crippen molar-refractivity contribution in [2.24, 2.45) is 0 Å². The average Bonchev–Trinajstić information content (AvgIpc) is 3.21. The molecule has 152 valence electrons. The van der Waals surface area contributed by atoms with Crippen LogP contribution in [-0.2, 0) is 6.54 Å². The van der Waals surface area contributed by atoms with E-state index in [4.69, 9.17) is 14.2 Å². The topological polar surface area (TPSA) is 76.7 Å². The van der Waals surface area contributed by atoms with Crippen LogP contribution in [0.4, 0.5) is 0 Å². The van der Waals surface area contributed by atoms with Crippen LogP contribution in [0, 0.1) is 0 Å². The molecule has 29 heavy (non-hydrogen) atoms. The summed E-state index contributed by atoms with van der Waals surface area (Å²) in [6, 6.07) is 11.9. The van der Waals surface area contributed by atoms with E-state index in [1.54, 1.807) is 33.5 Å². The zero-order valence-electron chi connectivity index (χ0n) is 16.9. The molecule has 0 aliphatic carbocycles. The summed E-state index contributed by atoms with van der Waals surface area (Å²) in [7, 11) is 4.79. The van der Waals surface area contributed by atoms with Gasteiger partial charge in [0.15, 0.2) is 11.5 Å². The lowest BCUT2D eigenvalue weighted by Gasteiger charge is -2.24. The fraction of sp³-hybridized carbons (Fsp3) is 0.364. The van der Waals surface area contributed by atoms with Gasteiger partial charge in [-0.25, -0.2) is 4.98 Å². The first kappa shape index (κ1) is 19.3. The minimum atomic E-state index is -0.175. The average molecular weight is 395 g/mol. The summed E-state index contributed by atoms with van der Waals surface area (Å²) >= 11 is 0. The molecule has 0 spiro atoms. The molecule has 1 aliphatic heterocycles. The van der Waals surface area contributed by atoms with E-state index in [1.165, 1.54) is 5.56 Å². The van der Waals surface area contributed by atoms with E-state index in [9.17, 15) is 4.79 Å². The molecule has 3 aromatic rings. The van der Waals surface area contributed by atoms with Crippen LogP contribution in [0.3, 0.4) is 0 Å². The number of fused-ring (bicyclic) bond motifs is 1. The molecule has 7 nitrogen and oxygen atoms in total. The van der Waals surface area contributed by atoms with E-state index in [0.29, 0.717) is 40.8 Å². The van der Waals surface area contributed by atoms with Gasteiger partial charge < -0.3 is 19.2 Å². The Kier molecular flexibility index (Phi) is 5.40. The number of nitrogens with one attached hydrogen (secondary N) is 1. The van der Waals surface area contributed by atoms with Gasteiger partial charge in [-0.15, -0.1) is 0 Å². The number of hydrogen-bond donors (Lipinski definition) is 1. The Morgan fingerprint density at radius 2 is 1.79 bits per heavy atom. The van der Waals surface area contributed by atoms with Gasteiger partial charge >= 0.3 is 0 Å². The zero-order chi connectivity index (χ0) is 20.4. The summed E-state index contributed by atoms with van der Waals surface area (Å²) in [5.74, 6) is 2.57. The Bertz CT molecular complexity index is 1060. The molecule has 0 radical (unpaired) electrons. The van der Waals surface area contributed by atoms with E-state index in [2.05, 4.69) is 27.0 Å². The standard InChI is InChI=1S/C22H25N3O4/c1-27-15-8-6-14(7-9-15)18-5-4-10-25(18)13-21-23-17-12-20(29-3)19(28-2)11-16(17)22(26)24-21/h6-9,11-12,18H,4-5,10,13H2,1-3H3,(H,23,24,26). The lowest BCUT2D eigenvalue weighted by atomic mass is 10.0. The second-order valence-electron chi connectivity index (χ2n) is 7.14. The molecule has 7 heteroatoms. The van der Waals surface area contributed by atoms with Crippen molar-refractivity contribution in [3.05, 3.63) is 58.1 Å². The molecule has 1 fully saturated rings. The third kappa shape index (κ3) is 3.78. The van der Waals surface area contributed by atoms with E-state index < -0.39 is 0 Å². The highest BCUT2D eigenvalue weighted by Gasteiger charge is 2.26. The smallest absolute Gasteiger partial charge is 0.258 e. The number of nitrogens with zero attached hydrogens (tertiary/aromatic N) is 2. The Morgan fingerprint density at radius 1 is 1.07 bits per heavy atom. The summed E-state index contributed by atoms with van der Waals surface area (Å²) in [6.45, 7) is 1.54. The van der Waals surface area contributed by atoms with Crippen LogP contribution >= 0.6 is 0 Å². The first-order chi connectivity index (χ1) is 14.1. The second-order valence-corrected chi connectivity index (χ2v) is 7.14. The normalized spacial score (nSPS) is 16.9. The molecule has 0 saturated carbocycles. The number of rotatable bonds is 6. The molecule has 1 N–H and O–H groups in total. The third-order valence-electron chi connectivity index (χ3n) is 5.48. The first-order valence-electron chi connectivity index (χ1n) is 9.66. The Balaban J connectivity index is 1.63. The second kappa shape index (κ2) is 8.13. The van der Waals surface area contributed by atoms with Crippen LogP contribution in [0.25, 0.3) is 10.9 Å². The van der Waals surface area contributed by atoms with Crippen molar-refractivity contribution < 1.29 is 14.2 Å². The monoisotopic (exact) mass is 395 g/mol. The lowest BCUT2D eigenvalue weighted by molar-refractivity contribution is 0.242. The third-order valence-corrected chi connectivity index (χ3v) is 5.48. The molecule has 1 unspecified atom stereocenters. The summed E-state index contributed by atoms with van der Waals surface area (Å²) in [4.78, 5) is 22.6. The molecule has 2 heterocycles. The van der Waals surface area contributed by atoms with Crippen molar-refractivity contribution >= 4 is 10.9 Å². The van der Waals surface area contributed by atoms with Gasteiger partial charge in [0.25, 0.3) is 5.56 Å². The zero-order valence-corrected chi connectivity index (χ0v) is 16.9. The molecule has 0 bridgehead atoms. The maximum absolute atomic E-state index is 12.6. The lowest BCUT2D eigenvalue weighted by Crippen LogP contribution is -2.25. The predicted octanol–water partition coefficient (Wildman–Crippen LogP) is 3.29. The molecule has 1 aliphatic rings. The van der Waals surface area contributed by atoms with Gasteiger partial charge in [0, 0.05) is 12.1 Å². The van der Waals surface area contributed by atoms with Gasteiger partial charge in [0.05, 0.1) is 38.8 Å². The Hall–Kier alpha value is -3.06. The van der Waals surface area contributed by atoms with Crippen molar-refractivity contribution in [2.45, 2.75) is 25.4 Å². The van der Waals surface area contributed by atoms with Crippen LogP contribution < -0.4 is 19.8 Å². The number of hydrogen-bond acceptors (Lipinski definition) is 6. The molecule has 0 amide bonds. The summed E-state index contributed by atoms with van der Waals surface area (Å²) < 4.78 is 15.9. The highest BCUT2D eigenvalue weighted by molar-refractivity contribution is 5.81. The van der Waals surface area contributed by atoms with Crippen LogP contribution in [0.5, 0.6) is 17.2 Å². The van der Waals surface area contributed by atoms with Crippen molar-refractivity contribution in [1.82, 2.24) is 14.9 Å². The van der Waals surface area contributed by atoms with Gasteiger partial charge in [-0.2, -0.15) is 0 Å². The Labute approximate surface area is 169 Å². The van der Waals surface area contributed by atoms with Gasteiger partial charge in [-0.05, 0) is 43.1 Å². The number of ether oxygens (including phenoxy) is 3. The van der Waals surface area contributed by atoms with Crippen LogP contribution in [0.15, 0.2) is 41.2 Å². The number of aromatic nitrogens is 2. The largest absolute Gasteiger partial charge is 0.497 e. The van der Waals surface area contributed by atoms with E-state index in [-0.39, 0.29) is 5.56 Å². The predicted molar refractivity (Wildman–Crippen MR) is 111 cm³/mol. The van der Waals surface area contributed by atoms with Crippen molar-refractivity contribution in [2.75, 3.05) is 27.9 Å². The fourth-order valence-electron chi connectivity index (χ4n) is 4.00. The van der Waals surface area contributed by atoms with E-state index >= 15 is 0 Å². The first-order valence-corrected chi connectivity index (χ1v) is 9.66. The van der Waals surface area contributed by atoms with Gasteiger partial charge in [0.2, 0.25) is 0 Å². The summed E-state index contributed by atoms with van der Waals surface area (Å²) in [6.07, 6.45) is 2.19. The number of aromatic amines is 1. The molecular formula is C22H25N3O4. The maximum atomic E-state index is 12.6. The van der Waals surface area contributed by atoms with E-state index in [1.807, 2.05) is 12.1 Å². The van der Waals surface area contributed by atoms with Crippen LogP contribution in [0.2, 0.25) is 0 Å². The maximum Gasteiger partial charge on any atom is 0.258 e. The highest BCUT2D eigenvalue weighted by atomic mass is 16.5. The molecule has 1 saturated heterocycles. The van der Waals surface area contributed by atoms with Crippen LogP contribution in [0.1, 0.15) is 30.3 Å².